The number of benzene rings is 1. The number of amidine groups is 1. The molecule has 0 saturated carbocycles. The summed E-state index contributed by atoms with van der Waals surface area (Å²) >= 11 is 0. The van der Waals surface area contributed by atoms with Crippen LogP contribution in [0.25, 0.3) is 5.57 Å². The first-order valence-corrected chi connectivity index (χ1v) is 9.53. The maximum Gasteiger partial charge on any atom is 0.283 e. The van der Waals surface area contributed by atoms with Crippen LogP contribution in [0.2, 0.25) is 0 Å². The number of nitrogen functional groups attached to an aromatic ring is 1. The van der Waals surface area contributed by atoms with Crippen LogP contribution >= 0.6 is 0 Å². The lowest BCUT2D eigenvalue weighted by Gasteiger charge is -2.39. The zero-order chi connectivity index (χ0) is 20.0. The highest BCUT2D eigenvalue weighted by molar-refractivity contribution is 5.76. The van der Waals surface area contributed by atoms with Crippen molar-refractivity contribution >= 4 is 17.3 Å². The average molecular weight is 394 g/mol. The Bertz CT molecular complexity index is 1050. The Balaban J connectivity index is 1.79. The van der Waals surface area contributed by atoms with Crippen molar-refractivity contribution in [2.24, 2.45) is 10.7 Å². The quantitative estimate of drug-likeness (QED) is 0.752. The molecule has 4 N–H and O–H groups in total. The van der Waals surface area contributed by atoms with Gasteiger partial charge in [0.2, 0.25) is 0 Å². The van der Waals surface area contributed by atoms with E-state index in [1.807, 2.05) is 24.3 Å². The summed E-state index contributed by atoms with van der Waals surface area (Å²) < 4.78 is 22.7. The third-order valence-electron chi connectivity index (χ3n) is 5.55. The minimum atomic E-state index is -0.780. The summed E-state index contributed by atoms with van der Waals surface area (Å²) in [7, 11) is 1.58. The fraction of sp³-hybridized carbons (Fsp3) is 0.333. The summed E-state index contributed by atoms with van der Waals surface area (Å²) in [5.41, 5.74) is 15.6. The Labute approximate surface area is 168 Å². The van der Waals surface area contributed by atoms with E-state index in [1.54, 1.807) is 13.2 Å². The smallest absolute Gasteiger partial charge is 0.283 e. The van der Waals surface area contributed by atoms with Crippen molar-refractivity contribution in [3.8, 4) is 17.4 Å². The summed E-state index contributed by atoms with van der Waals surface area (Å²) in [5, 5.41) is 0. The maximum atomic E-state index is 6.22. The Morgan fingerprint density at radius 2 is 2.03 bits per heavy atom. The number of anilines is 1. The van der Waals surface area contributed by atoms with E-state index in [0.717, 1.165) is 28.8 Å². The first kappa shape index (κ1) is 17.8. The van der Waals surface area contributed by atoms with Crippen molar-refractivity contribution in [1.82, 2.24) is 4.98 Å². The van der Waals surface area contributed by atoms with E-state index < -0.39 is 5.54 Å². The molecule has 0 amide bonds. The minimum Gasteiger partial charge on any atom is -0.478 e. The summed E-state index contributed by atoms with van der Waals surface area (Å²) in [6.07, 6.45) is 3.41. The fourth-order valence-electron chi connectivity index (χ4n) is 4.16. The van der Waals surface area contributed by atoms with Crippen LogP contribution in [-0.4, -0.2) is 37.9 Å². The zero-order valence-electron chi connectivity index (χ0n) is 16.1. The van der Waals surface area contributed by atoms with Crippen molar-refractivity contribution in [1.29, 1.82) is 0 Å². The molecular formula is C21H22N4O4. The summed E-state index contributed by atoms with van der Waals surface area (Å²) in [6, 6.07) is 7.68. The van der Waals surface area contributed by atoms with E-state index in [1.165, 1.54) is 0 Å². The van der Waals surface area contributed by atoms with E-state index in [0.29, 0.717) is 49.3 Å². The molecule has 29 heavy (non-hydrogen) atoms. The topological polar surface area (TPSA) is 114 Å². The van der Waals surface area contributed by atoms with Gasteiger partial charge >= 0.3 is 0 Å². The van der Waals surface area contributed by atoms with E-state index >= 15 is 0 Å². The molecule has 0 bridgehead atoms. The monoisotopic (exact) mass is 394 g/mol. The Morgan fingerprint density at radius 3 is 2.79 bits per heavy atom. The minimum absolute atomic E-state index is 0.139. The summed E-state index contributed by atoms with van der Waals surface area (Å²) in [4.78, 5) is 9.48. The van der Waals surface area contributed by atoms with Crippen LogP contribution in [-0.2, 0) is 15.0 Å². The molecule has 3 aliphatic rings. The van der Waals surface area contributed by atoms with Crippen LogP contribution < -0.4 is 20.9 Å². The lowest BCUT2D eigenvalue weighted by molar-refractivity contribution is 0.161. The largest absolute Gasteiger partial charge is 0.478 e. The average Bonchev–Trinajstić information content (AvgIpc) is 2.75. The van der Waals surface area contributed by atoms with Crippen LogP contribution in [0.4, 0.5) is 5.69 Å². The summed E-state index contributed by atoms with van der Waals surface area (Å²) in [5.74, 6) is 1.61. The highest BCUT2D eigenvalue weighted by atomic mass is 16.5. The van der Waals surface area contributed by atoms with Gasteiger partial charge in [0.05, 0.1) is 32.6 Å². The van der Waals surface area contributed by atoms with Gasteiger partial charge in [-0.2, -0.15) is 0 Å². The van der Waals surface area contributed by atoms with Gasteiger partial charge < -0.3 is 30.4 Å². The van der Waals surface area contributed by atoms with Crippen LogP contribution in [0, 0.1) is 0 Å². The number of fused-ring (bicyclic) bond motifs is 4. The predicted octanol–water partition coefficient (Wildman–Crippen LogP) is 2.56. The highest BCUT2D eigenvalue weighted by Crippen LogP contribution is 2.55. The molecule has 0 unspecified atom stereocenters. The Hall–Kier alpha value is -3.26. The molecule has 1 aromatic heterocycles. The first-order valence-electron chi connectivity index (χ1n) is 9.53. The standard InChI is InChI=1S/C21H22N4O4/c1-26-19-18-15(11-16(24-19)12-4-7-27-8-5-12)21(6-9-28-20(23)25-21)14-10-13(22)2-3-17(14)29-18/h2-4,10-11H,5-9,22H2,1H3,(H2,23,25)/t21-/m0/s1. The SMILES string of the molecule is COc1nc(C2=CCOCC2)cc2c1Oc1ccc(N)cc1[C@@]21CCOC(N)=N1. The van der Waals surface area contributed by atoms with Crippen LogP contribution in [0.5, 0.6) is 17.4 Å². The molecule has 1 spiro atoms. The van der Waals surface area contributed by atoms with Gasteiger partial charge in [0.1, 0.15) is 11.3 Å². The van der Waals surface area contributed by atoms with E-state index in [-0.39, 0.29) is 6.02 Å². The molecule has 0 saturated heterocycles. The molecule has 8 heteroatoms. The lowest BCUT2D eigenvalue weighted by Crippen LogP contribution is -2.39. The molecule has 0 aliphatic carbocycles. The second-order valence-corrected chi connectivity index (χ2v) is 7.21. The summed E-state index contributed by atoms with van der Waals surface area (Å²) in [6.45, 7) is 1.66. The molecule has 2 aromatic rings. The van der Waals surface area contributed by atoms with Gasteiger partial charge in [-0.05, 0) is 36.3 Å². The van der Waals surface area contributed by atoms with Gasteiger partial charge in [0, 0.05) is 23.2 Å². The fourth-order valence-corrected chi connectivity index (χ4v) is 4.16. The number of methoxy groups -OCH3 is 1. The number of aromatic nitrogens is 1. The van der Waals surface area contributed by atoms with Crippen molar-refractivity contribution in [2.75, 3.05) is 32.7 Å². The number of nitrogens with two attached hydrogens (primary N) is 2. The lowest BCUT2D eigenvalue weighted by atomic mass is 9.77. The predicted molar refractivity (Wildman–Crippen MR) is 108 cm³/mol. The molecule has 8 nitrogen and oxygen atoms in total. The Kier molecular flexibility index (Phi) is 4.09. The molecule has 1 atom stereocenters. The van der Waals surface area contributed by atoms with Crippen LogP contribution in [0.1, 0.15) is 29.7 Å². The number of rotatable bonds is 2. The number of aliphatic imine (C=N–C) groups is 1. The third-order valence-corrected chi connectivity index (χ3v) is 5.55. The first-order chi connectivity index (χ1) is 14.1. The molecule has 4 heterocycles. The van der Waals surface area contributed by atoms with Gasteiger partial charge in [-0.25, -0.2) is 9.98 Å². The van der Waals surface area contributed by atoms with Crippen molar-refractivity contribution < 1.29 is 18.9 Å². The normalized spacial score (nSPS) is 22.5. The molecule has 0 fully saturated rings. The molecule has 150 valence electrons. The van der Waals surface area contributed by atoms with E-state index in [4.69, 9.17) is 40.4 Å². The zero-order valence-corrected chi connectivity index (χ0v) is 16.1. The van der Waals surface area contributed by atoms with Gasteiger partial charge in [0.15, 0.2) is 5.75 Å². The second kappa shape index (κ2) is 6.66. The number of nitrogens with zero attached hydrogens (tertiary/aromatic N) is 2. The second-order valence-electron chi connectivity index (χ2n) is 7.21. The number of hydrogen-bond donors (Lipinski definition) is 2. The van der Waals surface area contributed by atoms with Crippen LogP contribution in [0.15, 0.2) is 35.3 Å². The number of ether oxygens (including phenoxy) is 4. The van der Waals surface area contributed by atoms with Gasteiger partial charge in [-0.15, -0.1) is 0 Å². The molecule has 3 aliphatic heterocycles. The van der Waals surface area contributed by atoms with E-state index in [2.05, 4.69) is 0 Å². The molecule has 0 radical (unpaired) electrons. The molecule has 5 rings (SSSR count). The van der Waals surface area contributed by atoms with Crippen molar-refractivity contribution in [3.05, 3.63) is 47.2 Å². The number of pyridine rings is 1. The van der Waals surface area contributed by atoms with Gasteiger partial charge in [0.25, 0.3) is 11.9 Å². The molecule has 1 aromatic carbocycles. The number of hydrogen-bond acceptors (Lipinski definition) is 8. The van der Waals surface area contributed by atoms with Crippen LogP contribution in [0.3, 0.4) is 0 Å². The highest BCUT2D eigenvalue weighted by Gasteiger charge is 2.46. The van der Waals surface area contributed by atoms with Gasteiger partial charge in [-0.1, -0.05) is 6.08 Å². The maximum absolute atomic E-state index is 6.22. The van der Waals surface area contributed by atoms with E-state index in [9.17, 15) is 0 Å². The third kappa shape index (κ3) is 2.79. The van der Waals surface area contributed by atoms with Gasteiger partial charge in [-0.3, -0.25) is 0 Å². The van der Waals surface area contributed by atoms with Crippen molar-refractivity contribution in [2.45, 2.75) is 18.4 Å². The molecular weight excluding hydrogens is 372 g/mol. The van der Waals surface area contributed by atoms with Crippen molar-refractivity contribution in [3.63, 3.8) is 0 Å². The Morgan fingerprint density at radius 1 is 1.14 bits per heavy atom.